The Kier molecular flexibility index (Phi) is 9.09. The van der Waals surface area contributed by atoms with Crippen LogP contribution in [0.3, 0.4) is 0 Å². The van der Waals surface area contributed by atoms with E-state index < -0.39 is 11.7 Å². The average Bonchev–Trinajstić information content (AvgIpc) is 2.36. The molecular weight excluding hydrogens is 302 g/mol. The van der Waals surface area contributed by atoms with Crippen LogP contribution >= 0.6 is 11.8 Å². The van der Waals surface area contributed by atoms with Gasteiger partial charge in [-0.3, -0.25) is 4.79 Å². The lowest BCUT2D eigenvalue weighted by Gasteiger charge is -2.16. The van der Waals surface area contributed by atoms with E-state index in [0.717, 1.165) is 5.75 Å². The minimum absolute atomic E-state index is 0.0636. The predicted octanol–water partition coefficient (Wildman–Crippen LogP) is 2.24. The quantitative estimate of drug-likeness (QED) is 0.580. The molecular formula is C15H25N3O3S. The normalized spacial score (nSPS) is 10.2. The molecule has 0 radical (unpaired) electrons. The van der Waals surface area contributed by atoms with E-state index >= 15 is 0 Å². The number of benzene rings is 1. The Morgan fingerprint density at radius 3 is 2.36 bits per heavy atom. The molecule has 0 atom stereocenters. The van der Waals surface area contributed by atoms with E-state index in [0.29, 0.717) is 17.8 Å². The van der Waals surface area contributed by atoms with Gasteiger partial charge in [-0.1, -0.05) is 6.07 Å². The first-order valence-corrected chi connectivity index (χ1v) is 8.16. The van der Waals surface area contributed by atoms with Gasteiger partial charge in [0.2, 0.25) is 0 Å². The van der Waals surface area contributed by atoms with E-state index in [2.05, 4.69) is 10.1 Å². The van der Waals surface area contributed by atoms with Crippen molar-refractivity contribution < 1.29 is 14.3 Å². The lowest BCUT2D eigenvalue weighted by Crippen LogP contribution is -2.27. The number of ether oxygens (including phenoxy) is 1. The molecule has 1 rings (SSSR count). The second-order valence-corrected chi connectivity index (χ2v) is 6.39. The number of nitrogens with two attached hydrogens (primary N) is 2. The Morgan fingerprint density at radius 2 is 1.95 bits per heavy atom. The molecule has 0 saturated carbocycles. The molecule has 0 bridgehead atoms. The molecule has 124 valence electrons. The van der Waals surface area contributed by atoms with Crippen LogP contribution in [-0.4, -0.2) is 36.2 Å². The molecule has 0 aliphatic carbocycles. The number of hydrogen-bond acceptors (Lipinski definition) is 5. The molecule has 7 heteroatoms. The van der Waals surface area contributed by atoms with E-state index in [9.17, 15) is 9.59 Å². The lowest BCUT2D eigenvalue weighted by molar-refractivity contribution is 0.0600. The van der Waals surface area contributed by atoms with Gasteiger partial charge in [0.1, 0.15) is 5.60 Å². The minimum atomic E-state index is -0.725. The van der Waals surface area contributed by atoms with E-state index in [1.807, 2.05) is 6.26 Å². The standard InChI is InChI=1S/C10H14N2OS.C5H11NO2/c1-14-6-5-12-10(13)8-3-2-4-9(11)7-8;1-5(2,3)8-4(6)7/h2-4,7H,5-6,11H2,1H3,(H,12,13);1-3H3,(H2,6,7). The van der Waals surface area contributed by atoms with Gasteiger partial charge in [0.25, 0.3) is 5.91 Å². The largest absolute Gasteiger partial charge is 0.444 e. The molecule has 2 amide bonds. The van der Waals surface area contributed by atoms with Crippen molar-refractivity contribution in [3.63, 3.8) is 0 Å². The SMILES string of the molecule is CC(C)(C)OC(N)=O.CSCCNC(=O)c1cccc(N)c1. The summed E-state index contributed by atoms with van der Waals surface area (Å²) in [5, 5.41) is 2.81. The minimum Gasteiger partial charge on any atom is -0.444 e. The molecule has 0 fully saturated rings. The van der Waals surface area contributed by atoms with Gasteiger partial charge in [-0.25, -0.2) is 4.79 Å². The maximum Gasteiger partial charge on any atom is 0.405 e. The van der Waals surface area contributed by atoms with E-state index in [1.165, 1.54) is 0 Å². The number of anilines is 1. The Hall–Kier alpha value is -1.89. The number of hydrogen-bond donors (Lipinski definition) is 3. The molecule has 22 heavy (non-hydrogen) atoms. The fraction of sp³-hybridized carbons (Fsp3) is 0.467. The van der Waals surface area contributed by atoms with Crippen LogP contribution in [0.4, 0.5) is 10.5 Å². The van der Waals surface area contributed by atoms with Crippen molar-refractivity contribution >= 4 is 29.4 Å². The monoisotopic (exact) mass is 327 g/mol. The van der Waals surface area contributed by atoms with Gasteiger partial charge in [0.05, 0.1) is 0 Å². The van der Waals surface area contributed by atoms with Crippen molar-refractivity contribution in [3.8, 4) is 0 Å². The summed E-state index contributed by atoms with van der Waals surface area (Å²) in [7, 11) is 0. The predicted molar refractivity (Wildman–Crippen MR) is 92.0 cm³/mol. The second-order valence-electron chi connectivity index (χ2n) is 5.41. The Balaban J connectivity index is 0.000000472. The molecule has 1 aromatic carbocycles. The van der Waals surface area contributed by atoms with E-state index in [1.54, 1.807) is 56.8 Å². The number of nitrogen functional groups attached to an aromatic ring is 1. The summed E-state index contributed by atoms with van der Waals surface area (Å²) in [5.74, 6) is 0.861. The number of carbonyl (C=O) groups excluding carboxylic acids is 2. The number of nitrogens with one attached hydrogen (secondary N) is 1. The summed E-state index contributed by atoms with van der Waals surface area (Å²) in [5.41, 5.74) is 11.1. The van der Waals surface area contributed by atoms with Crippen molar-refractivity contribution in [3.05, 3.63) is 29.8 Å². The van der Waals surface area contributed by atoms with Gasteiger partial charge in [-0.05, 0) is 45.2 Å². The third-order valence-electron chi connectivity index (χ3n) is 2.15. The molecule has 1 aromatic rings. The molecule has 5 N–H and O–H groups in total. The highest BCUT2D eigenvalue weighted by Gasteiger charge is 2.12. The highest BCUT2D eigenvalue weighted by atomic mass is 32.2. The van der Waals surface area contributed by atoms with Crippen molar-refractivity contribution in [2.24, 2.45) is 5.73 Å². The first-order chi connectivity index (χ1) is 10.2. The van der Waals surface area contributed by atoms with Crippen LogP contribution < -0.4 is 16.8 Å². The van der Waals surface area contributed by atoms with Crippen LogP contribution in [0.2, 0.25) is 0 Å². The summed E-state index contributed by atoms with van der Waals surface area (Å²) in [6, 6.07) is 6.97. The number of amides is 2. The van der Waals surface area contributed by atoms with Crippen molar-refractivity contribution in [2.45, 2.75) is 26.4 Å². The van der Waals surface area contributed by atoms with Gasteiger partial charge >= 0.3 is 6.09 Å². The Labute approximate surface area is 136 Å². The molecule has 0 aliphatic heterocycles. The summed E-state index contributed by atoms with van der Waals surface area (Å²) < 4.78 is 4.58. The molecule has 0 aliphatic rings. The number of primary amides is 1. The van der Waals surface area contributed by atoms with Crippen LogP contribution in [-0.2, 0) is 4.74 Å². The first-order valence-electron chi connectivity index (χ1n) is 6.77. The fourth-order valence-corrected chi connectivity index (χ4v) is 1.66. The van der Waals surface area contributed by atoms with Crippen molar-refractivity contribution in [1.82, 2.24) is 5.32 Å². The van der Waals surface area contributed by atoms with Crippen LogP contribution in [0.25, 0.3) is 0 Å². The number of rotatable bonds is 4. The zero-order valence-corrected chi connectivity index (χ0v) is 14.3. The van der Waals surface area contributed by atoms with Gasteiger partial charge in [-0.2, -0.15) is 11.8 Å². The molecule has 0 unspecified atom stereocenters. The lowest BCUT2D eigenvalue weighted by atomic mass is 10.2. The van der Waals surface area contributed by atoms with E-state index in [4.69, 9.17) is 11.5 Å². The summed E-state index contributed by atoms with van der Waals surface area (Å²) in [6.45, 7) is 5.97. The third kappa shape index (κ3) is 10.8. The van der Waals surface area contributed by atoms with Crippen LogP contribution in [0.1, 0.15) is 31.1 Å². The van der Waals surface area contributed by atoms with Gasteiger partial charge in [-0.15, -0.1) is 0 Å². The maximum atomic E-state index is 11.5. The van der Waals surface area contributed by atoms with Crippen molar-refractivity contribution in [2.75, 3.05) is 24.3 Å². The average molecular weight is 327 g/mol. The zero-order chi connectivity index (χ0) is 17.2. The smallest absolute Gasteiger partial charge is 0.405 e. The van der Waals surface area contributed by atoms with Crippen LogP contribution in [0, 0.1) is 0 Å². The molecule has 0 saturated heterocycles. The summed E-state index contributed by atoms with van der Waals surface area (Å²) in [6.07, 6.45) is 1.28. The molecule has 6 nitrogen and oxygen atoms in total. The molecule has 0 aromatic heterocycles. The topological polar surface area (TPSA) is 107 Å². The van der Waals surface area contributed by atoms with Crippen LogP contribution in [0.5, 0.6) is 0 Å². The fourth-order valence-electron chi connectivity index (χ4n) is 1.35. The van der Waals surface area contributed by atoms with Gasteiger partial charge < -0.3 is 21.5 Å². The van der Waals surface area contributed by atoms with Gasteiger partial charge in [0, 0.05) is 23.5 Å². The Morgan fingerprint density at radius 1 is 1.32 bits per heavy atom. The zero-order valence-electron chi connectivity index (χ0n) is 13.5. The second kappa shape index (κ2) is 9.94. The van der Waals surface area contributed by atoms with E-state index in [-0.39, 0.29) is 5.91 Å². The summed E-state index contributed by atoms with van der Waals surface area (Å²) in [4.78, 5) is 21.5. The number of carbonyl (C=O) groups is 2. The number of thioether (sulfide) groups is 1. The molecule has 0 spiro atoms. The van der Waals surface area contributed by atoms with Gasteiger partial charge in [0.15, 0.2) is 0 Å². The summed E-state index contributed by atoms with van der Waals surface area (Å²) >= 11 is 1.70. The third-order valence-corrected chi connectivity index (χ3v) is 2.76. The first kappa shape index (κ1) is 20.1. The molecule has 0 heterocycles. The maximum absolute atomic E-state index is 11.5. The highest BCUT2D eigenvalue weighted by molar-refractivity contribution is 7.98. The highest BCUT2D eigenvalue weighted by Crippen LogP contribution is 2.06. The van der Waals surface area contributed by atoms with Crippen LogP contribution in [0.15, 0.2) is 24.3 Å². The van der Waals surface area contributed by atoms with Crippen molar-refractivity contribution in [1.29, 1.82) is 0 Å². The Bertz CT molecular complexity index is 487.